The van der Waals surface area contributed by atoms with Crippen LogP contribution in [0.1, 0.15) is 5.56 Å². The highest BCUT2D eigenvalue weighted by Gasteiger charge is 2.30. The van der Waals surface area contributed by atoms with Gasteiger partial charge in [0.2, 0.25) is 0 Å². The lowest BCUT2D eigenvalue weighted by Gasteiger charge is -2.31. The molecule has 5 N–H and O–H groups in total. The predicted molar refractivity (Wildman–Crippen MR) is 124 cm³/mol. The predicted octanol–water partition coefficient (Wildman–Crippen LogP) is -0.372. The zero-order chi connectivity index (χ0) is 20.7. The molecule has 2 amide bonds. The number of amides is 2. The van der Waals surface area contributed by atoms with Crippen LogP contribution in [0.25, 0.3) is 0 Å². The van der Waals surface area contributed by atoms with Crippen LogP contribution in [0.3, 0.4) is 0 Å². The van der Waals surface area contributed by atoms with E-state index >= 15 is 0 Å². The van der Waals surface area contributed by atoms with E-state index in [1.807, 2.05) is 67.8 Å². The van der Waals surface area contributed by atoms with E-state index in [1.165, 1.54) is 9.80 Å². The Kier molecular flexibility index (Phi) is 11.2. The van der Waals surface area contributed by atoms with Gasteiger partial charge in [0.05, 0.1) is 34.8 Å². The van der Waals surface area contributed by atoms with Gasteiger partial charge in [-0.1, -0.05) is 0 Å². The lowest BCUT2D eigenvalue weighted by molar-refractivity contribution is -0.122. The molecule has 0 unspecified atom stereocenters. The molecule has 1 aromatic carbocycles. The van der Waals surface area contributed by atoms with Gasteiger partial charge in [-0.15, -0.1) is 0 Å². The Balaban J connectivity index is 3.85. The Bertz CT molecular complexity index is 649. The van der Waals surface area contributed by atoms with Crippen LogP contribution in [0.2, 0.25) is 0 Å². The summed E-state index contributed by atoms with van der Waals surface area (Å²) >= 11 is 5.84. The van der Waals surface area contributed by atoms with Gasteiger partial charge in [-0.3, -0.25) is 9.59 Å². The van der Waals surface area contributed by atoms with Gasteiger partial charge in [-0.25, -0.2) is 0 Å². The minimum Gasteiger partial charge on any atom is -0.395 e. The summed E-state index contributed by atoms with van der Waals surface area (Å²) in [6.07, 6.45) is 0. The van der Waals surface area contributed by atoms with Crippen LogP contribution in [0.5, 0.6) is 0 Å². The average Bonchev–Trinajstić information content (AvgIpc) is 2.65. The lowest BCUT2D eigenvalue weighted by Crippen LogP contribution is -2.40. The largest absolute Gasteiger partial charge is 0.395 e. The number of carbonyl (C=O) groups is 2. The molecule has 0 radical (unpaired) electrons. The maximum absolute atomic E-state index is 12.2. The Morgan fingerprint density at radius 3 is 1.33 bits per heavy atom. The molecule has 0 saturated heterocycles. The van der Waals surface area contributed by atoms with Gasteiger partial charge >= 0.3 is 0 Å². The van der Waals surface area contributed by atoms with Crippen molar-refractivity contribution in [2.24, 2.45) is 0 Å². The van der Waals surface area contributed by atoms with Crippen molar-refractivity contribution in [1.82, 2.24) is 0 Å². The Hall–Kier alpha value is 0.150. The third kappa shape index (κ3) is 5.61. The van der Waals surface area contributed by atoms with E-state index < -0.39 is 25.0 Å². The summed E-state index contributed by atoms with van der Waals surface area (Å²) in [6, 6.07) is 0. The Labute approximate surface area is 196 Å². The SMILES string of the molecule is O=C(CO)N(CCO)c1c(I)c(CO)c(I)c(N(CCO)C(=O)CO)c1I. The standard InChI is InChI=1S/C15H19I3N2O7/c16-11-8(5-23)12(17)15(20(2-4-22)10(27)7-25)13(18)14(11)19(1-3-21)9(26)6-24/h21-25H,1-7H2. The molecule has 27 heavy (non-hydrogen) atoms. The van der Waals surface area contributed by atoms with E-state index in [0.29, 0.717) is 27.6 Å². The first-order chi connectivity index (χ1) is 12.8. The van der Waals surface area contributed by atoms with Crippen LogP contribution in [-0.2, 0) is 16.2 Å². The lowest BCUT2D eigenvalue weighted by atomic mass is 10.1. The molecule has 12 heteroatoms. The van der Waals surface area contributed by atoms with Crippen LogP contribution in [0.15, 0.2) is 0 Å². The van der Waals surface area contributed by atoms with Crippen molar-refractivity contribution in [1.29, 1.82) is 0 Å². The van der Waals surface area contributed by atoms with Crippen LogP contribution in [0, 0.1) is 10.7 Å². The maximum atomic E-state index is 12.2. The summed E-state index contributed by atoms with van der Waals surface area (Å²) in [4.78, 5) is 26.8. The third-order valence-electron chi connectivity index (χ3n) is 3.58. The fourth-order valence-corrected chi connectivity index (χ4v) is 7.06. The van der Waals surface area contributed by atoms with Crippen molar-refractivity contribution in [3.63, 3.8) is 0 Å². The maximum Gasteiger partial charge on any atom is 0.252 e. The fraction of sp³-hybridized carbons (Fsp3) is 0.467. The molecule has 0 aliphatic rings. The van der Waals surface area contributed by atoms with Crippen molar-refractivity contribution < 1.29 is 35.1 Å². The van der Waals surface area contributed by atoms with Crippen molar-refractivity contribution in [3.05, 3.63) is 16.3 Å². The number of halogens is 3. The highest BCUT2D eigenvalue weighted by Crippen LogP contribution is 2.42. The van der Waals surface area contributed by atoms with E-state index in [1.54, 1.807) is 0 Å². The summed E-state index contributed by atoms with van der Waals surface area (Å²) in [7, 11) is 0. The fourth-order valence-electron chi connectivity index (χ4n) is 2.39. The molecule has 0 aliphatic carbocycles. The van der Waals surface area contributed by atoms with Crippen molar-refractivity contribution in [3.8, 4) is 0 Å². The molecule has 0 fully saturated rings. The Morgan fingerprint density at radius 2 is 1.07 bits per heavy atom. The molecule has 0 atom stereocenters. The number of anilines is 2. The quantitative estimate of drug-likeness (QED) is 0.220. The monoisotopic (exact) mass is 720 g/mol. The number of aliphatic hydroxyl groups excluding tert-OH is 5. The van der Waals surface area contributed by atoms with E-state index in [2.05, 4.69) is 0 Å². The van der Waals surface area contributed by atoms with Crippen molar-refractivity contribution in [2.75, 3.05) is 49.3 Å². The molecule has 1 aromatic rings. The number of benzene rings is 1. The van der Waals surface area contributed by atoms with Crippen LogP contribution in [-0.4, -0.2) is 76.9 Å². The first-order valence-electron chi connectivity index (χ1n) is 7.64. The van der Waals surface area contributed by atoms with E-state index in [4.69, 9.17) is 0 Å². The summed E-state index contributed by atoms with van der Waals surface area (Å²) in [5.41, 5.74) is 1.11. The van der Waals surface area contributed by atoms with Crippen LogP contribution < -0.4 is 9.80 Å². The number of carbonyl (C=O) groups excluding carboxylic acids is 2. The number of hydrogen-bond donors (Lipinski definition) is 5. The summed E-state index contributed by atoms with van der Waals surface area (Å²) in [6.45, 7) is -2.84. The summed E-state index contributed by atoms with van der Waals surface area (Å²) in [5.74, 6) is -1.31. The van der Waals surface area contributed by atoms with Gasteiger partial charge in [0.15, 0.2) is 0 Å². The smallest absolute Gasteiger partial charge is 0.252 e. The highest BCUT2D eigenvalue weighted by atomic mass is 127. The Morgan fingerprint density at radius 1 is 0.704 bits per heavy atom. The first kappa shape index (κ1) is 25.2. The molecule has 0 aliphatic heterocycles. The molecule has 0 aromatic heterocycles. The molecule has 0 bridgehead atoms. The number of hydrogen-bond acceptors (Lipinski definition) is 7. The topological polar surface area (TPSA) is 142 Å². The zero-order valence-electron chi connectivity index (χ0n) is 14.0. The zero-order valence-corrected chi connectivity index (χ0v) is 20.5. The minimum absolute atomic E-state index is 0.0930. The molecular weight excluding hydrogens is 701 g/mol. The van der Waals surface area contributed by atoms with Gasteiger partial charge in [-0.05, 0) is 67.8 Å². The molecule has 0 heterocycles. The second-order valence-electron chi connectivity index (χ2n) is 5.13. The van der Waals surface area contributed by atoms with Crippen LogP contribution in [0.4, 0.5) is 11.4 Å². The first-order valence-corrected chi connectivity index (χ1v) is 10.9. The minimum atomic E-state index is -0.780. The molecule has 1 rings (SSSR count). The van der Waals surface area contributed by atoms with Gasteiger partial charge in [0.1, 0.15) is 13.2 Å². The average molecular weight is 720 g/mol. The molecule has 0 saturated carbocycles. The van der Waals surface area contributed by atoms with Gasteiger partial charge in [0.25, 0.3) is 11.8 Å². The van der Waals surface area contributed by atoms with Gasteiger partial charge in [-0.2, -0.15) is 0 Å². The van der Waals surface area contributed by atoms with E-state index in [-0.39, 0.29) is 32.9 Å². The normalized spacial score (nSPS) is 10.8. The second-order valence-corrected chi connectivity index (χ2v) is 8.37. The highest BCUT2D eigenvalue weighted by molar-refractivity contribution is 14.1. The molecule has 0 spiro atoms. The number of nitrogens with zero attached hydrogens (tertiary/aromatic N) is 2. The molecular formula is C15H19I3N2O7. The second kappa shape index (κ2) is 12.0. The summed E-state index contributed by atoms with van der Waals surface area (Å²) < 4.78 is 1.51. The van der Waals surface area contributed by atoms with Crippen molar-refractivity contribution >= 4 is 91.0 Å². The van der Waals surface area contributed by atoms with Gasteiger partial charge < -0.3 is 35.3 Å². The van der Waals surface area contributed by atoms with E-state index in [0.717, 1.165) is 0 Å². The number of rotatable bonds is 9. The third-order valence-corrected chi connectivity index (χ3v) is 6.93. The van der Waals surface area contributed by atoms with Crippen molar-refractivity contribution in [2.45, 2.75) is 6.61 Å². The molecule has 152 valence electrons. The van der Waals surface area contributed by atoms with Gasteiger partial charge in [0, 0.05) is 25.8 Å². The molecule has 9 nitrogen and oxygen atoms in total. The number of aliphatic hydroxyl groups is 5. The van der Waals surface area contributed by atoms with Crippen LogP contribution >= 0.6 is 67.8 Å². The van der Waals surface area contributed by atoms with E-state index in [9.17, 15) is 35.1 Å². The summed E-state index contributed by atoms with van der Waals surface area (Å²) in [5, 5.41) is 47.1.